The molecule has 0 atom stereocenters. The molecule has 0 heterocycles. The first kappa shape index (κ1) is 14.6. The highest BCUT2D eigenvalue weighted by Crippen LogP contribution is 2.27. The van der Waals surface area contributed by atoms with Gasteiger partial charge in [0, 0.05) is 60.2 Å². The molecule has 1 fully saturated rings. The zero-order chi connectivity index (χ0) is 12.5. The van der Waals surface area contributed by atoms with E-state index in [0.29, 0.717) is 11.8 Å². The Balaban J connectivity index is 2.20. The predicted molar refractivity (Wildman–Crippen MR) is 78.0 cm³/mol. The van der Waals surface area contributed by atoms with Gasteiger partial charge in [0.25, 0.3) is 0 Å². The van der Waals surface area contributed by atoms with E-state index in [0.717, 1.165) is 50.9 Å². The number of nitrogens with two attached hydrogens (primary N) is 1. The topological polar surface area (TPSA) is 73.9 Å². The third-order valence-electron chi connectivity index (χ3n) is 3.34. The van der Waals surface area contributed by atoms with Gasteiger partial charge in [-0.3, -0.25) is 3.53 Å². The fourth-order valence-corrected chi connectivity index (χ4v) is 2.45. The van der Waals surface area contributed by atoms with Crippen LogP contribution in [0.5, 0.6) is 0 Å². The largest absolute Gasteiger partial charge is 0.403 e. The van der Waals surface area contributed by atoms with Crippen molar-refractivity contribution in [2.75, 3.05) is 13.1 Å². The summed E-state index contributed by atoms with van der Waals surface area (Å²) in [4.78, 5) is 0. The van der Waals surface area contributed by atoms with Gasteiger partial charge in [-0.15, -0.1) is 0 Å². The molecular formula is C12H21IN4. The van der Waals surface area contributed by atoms with Crippen LogP contribution in [-0.2, 0) is 0 Å². The Morgan fingerprint density at radius 2 is 2.12 bits per heavy atom. The van der Waals surface area contributed by atoms with Gasteiger partial charge in [-0.2, -0.15) is 5.26 Å². The zero-order valence-electron chi connectivity index (χ0n) is 10.1. The normalized spacial score (nSPS) is 25.3. The Morgan fingerprint density at radius 3 is 2.65 bits per heavy atom. The molecule has 4 N–H and O–H groups in total. The average molecular weight is 348 g/mol. The Labute approximate surface area is 118 Å². The molecule has 96 valence electrons. The maximum atomic E-state index is 8.83. The summed E-state index contributed by atoms with van der Waals surface area (Å²) >= 11 is 2.14. The molecule has 0 unspecified atom stereocenters. The monoisotopic (exact) mass is 348 g/mol. The molecule has 17 heavy (non-hydrogen) atoms. The summed E-state index contributed by atoms with van der Waals surface area (Å²) in [5, 5.41) is 12.2. The number of rotatable bonds is 6. The lowest BCUT2D eigenvalue weighted by Crippen LogP contribution is -2.27. The van der Waals surface area contributed by atoms with Crippen molar-refractivity contribution in [2.45, 2.75) is 32.1 Å². The first-order valence-corrected chi connectivity index (χ1v) is 7.25. The molecule has 4 nitrogen and oxygen atoms in total. The molecule has 5 heteroatoms. The lowest BCUT2D eigenvalue weighted by Gasteiger charge is -2.25. The van der Waals surface area contributed by atoms with Gasteiger partial charge in [0.05, 0.1) is 6.07 Å². The van der Waals surface area contributed by atoms with E-state index in [1.54, 1.807) is 6.20 Å². The minimum atomic E-state index is 0.291. The van der Waals surface area contributed by atoms with Crippen molar-refractivity contribution in [3.8, 4) is 6.07 Å². The van der Waals surface area contributed by atoms with Crippen LogP contribution in [0.4, 0.5) is 0 Å². The van der Waals surface area contributed by atoms with Gasteiger partial charge in [-0.1, -0.05) is 0 Å². The van der Waals surface area contributed by atoms with Gasteiger partial charge < -0.3 is 11.1 Å². The SMILES string of the molecule is N#CC1CCC(CN/C(=C\N)CCNI)CC1. The first-order chi connectivity index (χ1) is 8.30. The molecule has 0 radical (unpaired) electrons. The second-order valence-corrected chi connectivity index (χ2v) is 5.32. The van der Waals surface area contributed by atoms with Crippen LogP contribution in [0.2, 0.25) is 0 Å². The molecule has 0 bridgehead atoms. The standard InChI is InChI=1S/C12H21IN4/c13-17-6-5-12(8-15)16-9-11-3-1-10(7-14)2-4-11/h8,10-11,16-17H,1-6,9,15H2/b12-8-. The molecule has 1 aliphatic rings. The molecule has 0 aromatic heterocycles. The Bertz CT molecular complexity index is 277. The fourth-order valence-electron chi connectivity index (χ4n) is 2.18. The highest BCUT2D eigenvalue weighted by Gasteiger charge is 2.20. The molecule has 0 aromatic rings. The Kier molecular flexibility index (Phi) is 7.37. The molecule has 0 saturated heterocycles. The van der Waals surface area contributed by atoms with Crippen molar-refractivity contribution in [1.29, 1.82) is 5.26 Å². The van der Waals surface area contributed by atoms with E-state index in [-0.39, 0.29) is 0 Å². The number of halogens is 1. The number of hydrogen-bond acceptors (Lipinski definition) is 4. The van der Waals surface area contributed by atoms with E-state index < -0.39 is 0 Å². The van der Waals surface area contributed by atoms with Crippen molar-refractivity contribution in [3.05, 3.63) is 11.9 Å². The highest BCUT2D eigenvalue weighted by atomic mass is 127. The second kappa shape index (κ2) is 8.59. The van der Waals surface area contributed by atoms with Gasteiger partial charge >= 0.3 is 0 Å². The molecule has 0 aromatic carbocycles. The number of hydrogen-bond donors (Lipinski definition) is 3. The lowest BCUT2D eigenvalue weighted by atomic mass is 9.83. The third-order valence-corrected chi connectivity index (χ3v) is 3.88. The number of nitriles is 1. The van der Waals surface area contributed by atoms with Crippen LogP contribution in [0.1, 0.15) is 32.1 Å². The number of nitrogens with one attached hydrogen (secondary N) is 2. The zero-order valence-corrected chi connectivity index (χ0v) is 12.2. The molecule has 0 spiro atoms. The summed E-state index contributed by atoms with van der Waals surface area (Å²) in [5.74, 6) is 0.987. The van der Waals surface area contributed by atoms with Gasteiger partial charge in [0.2, 0.25) is 0 Å². The minimum absolute atomic E-state index is 0.291. The van der Waals surface area contributed by atoms with Crippen molar-refractivity contribution in [2.24, 2.45) is 17.6 Å². The molecular weight excluding hydrogens is 327 g/mol. The molecule has 1 saturated carbocycles. The number of nitrogens with zero attached hydrogens (tertiary/aromatic N) is 1. The molecule has 0 amide bonds. The Hall–Kier alpha value is -0.480. The highest BCUT2D eigenvalue weighted by molar-refractivity contribution is 14.1. The quantitative estimate of drug-likeness (QED) is 0.507. The van der Waals surface area contributed by atoms with Crippen molar-refractivity contribution in [1.82, 2.24) is 8.85 Å². The second-order valence-electron chi connectivity index (χ2n) is 4.55. The Morgan fingerprint density at radius 1 is 1.41 bits per heavy atom. The van der Waals surface area contributed by atoms with E-state index in [1.807, 2.05) is 0 Å². The van der Waals surface area contributed by atoms with Crippen LogP contribution >= 0.6 is 22.9 Å². The van der Waals surface area contributed by atoms with Crippen molar-refractivity contribution >= 4 is 22.9 Å². The first-order valence-electron chi connectivity index (χ1n) is 6.18. The van der Waals surface area contributed by atoms with Crippen molar-refractivity contribution in [3.63, 3.8) is 0 Å². The molecule has 1 aliphatic carbocycles. The van der Waals surface area contributed by atoms with Crippen LogP contribution < -0.4 is 14.6 Å². The van der Waals surface area contributed by atoms with Crippen LogP contribution in [0.25, 0.3) is 0 Å². The summed E-state index contributed by atoms with van der Waals surface area (Å²) in [6.45, 7) is 1.92. The summed E-state index contributed by atoms with van der Waals surface area (Å²) < 4.78 is 3.08. The summed E-state index contributed by atoms with van der Waals surface area (Å²) in [5.41, 5.74) is 6.68. The van der Waals surface area contributed by atoms with Gasteiger partial charge in [-0.05, 0) is 31.6 Å². The van der Waals surface area contributed by atoms with Gasteiger partial charge in [0.15, 0.2) is 0 Å². The summed E-state index contributed by atoms with van der Waals surface area (Å²) in [7, 11) is 0. The fraction of sp³-hybridized carbons (Fsp3) is 0.750. The maximum Gasteiger partial charge on any atom is 0.0655 e. The maximum absolute atomic E-state index is 8.83. The lowest BCUT2D eigenvalue weighted by molar-refractivity contribution is 0.309. The van der Waals surface area contributed by atoms with E-state index >= 15 is 0 Å². The van der Waals surface area contributed by atoms with Crippen LogP contribution in [0.3, 0.4) is 0 Å². The van der Waals surface area contributed by atoms with E-state index in [1.165, 1.54) is 0 Å². The van der Waals surface area contributed by atoms with Crippen LogP contribution in [0.15, 0.2) is 11.9 Å². The van der Waals surface area contributed by atoms with E-state index in [9.17, 15) is 0 Å². The van der Waals surface area contributed by atoms with Crippen LogP contribution in [0, 0.1) is 23.2 Å². The van der Waals surface area contributed by atoms with Crippen LogP contribution in [-0.4, -0.2) is 13.1 Å². The smallest absolute Gasteiger partial charge is 0.0655 e. The van der Waals surface area contributed by atoms with E-state index in [2.05, 4.69) is 37.8 Å². The minimum Gasteiger partial charge on any atom is -0.403 e. The van der Waals surface area contributed by atoms with Crippen molar-refractivity contribution < 1.29 is 0 Å². The molecule has 1 rings (SSSR count). The summed E-state index contributed by atoms with van der Waals surface area (Å²) in [6.07, 6.45) is 7.03. The third kappa shape index (κ3) is 5.59. The van der Waals surface area contributed by atoms with E-state index in [4.69, 9.17) is 11.0 Å². The average Bonchev–Trinajstić information content (AvgIpc) is 2.39. The predicted octanol–water partition coefficient (Wildman–Crippen LogP) is 2.04. The van der Waals surface area contributed by atoms with Gasteiger partial charge in [-0.25, -0.2) is 0 Å². The summed E-state index contributed by atoms with van der Waals surface area (Å²) in [6, 6.07) is 2.37. The van der Waals surface area contributed by atoms with Gasteiger partial charge in [0.1, 0.15) is 0 Å². The molecule has 0 aliphatic heterocycles.